The third kappa shape index (κ3) is 3.97. The number of carbonyl (C=O) groups is 1. The highest BCUT2D eigenvalue weighted by Gasteiger charge is 2.11. The monoisotopic (exact) mass is 354 g/mol. The standard InChI is InChI=1S/C19H18N2O3S/c1-12-20-18(11-25-12)13-5-4-6-15(7-13)21-19(22)14-8-16(23-2)10-17(9-14)24-3/h4-11H,1-3H3,(H,21,22). The van der Waals surface area contributed by atoms with Gasteiger partial charge in [-0.05, 0) is 31.2 Å². The molecule has 0 bridgehead atoms. The summed E-state index contributed by atoms with van der Waals surface area (Å²) in [5.41, 5.74) is 3.04. The lowest BCUT2D eigenvalue weighted by Gasteiger charge is -2.10. The number of methoxy groups -OCH3 is 2. The van der Waals surface area contributed by atoms with Gasteiger partial charge in [-0.15, -0.1) is 11.3 Å². The Morgan fingerprint density at radius 1 is 1.08 bits per heavy atom. The summed E-state index contributed by atoms with van der Waals surface area (Å²) in [6.07, 6.45) is 0. The van der Waals surface area contributed by atoms with Crippen LogP contribution in [0.15, 0.2) is 47.8 Å². The number of nitrogens with zero attached hydrogens (tertiary/aromatic N) is 1. The van der Waals surface area contributed by atoms with Crippen LogP contribution in [0.1, 0.15) is 15.4 Å². The number of hydrogen-bond donors (Lipinski definition) is 1. The molecule has 1 heterocycles. The van der Waals surface area contributed by atoms with Gasteiger partial charge < -0.3 is 14.8 Å². The minimum Gasteiger partial charge on any atom is -0.497 e. The van der Waals surface area contributed by atoms with Crippen molar-refractivity contribution in [3.05, 3.63) is 58.4 Å². The second-order valence-corrected chi connectivity index (χ2v) is 6.45. The van der Waals surface area contributed by atoms with Gasteiger partial charge >= 0.3 is 0 Å². The van der Waals surface area contributed by atoms with Crippen LogP contribution < -0.4 is 14.8 Å². The molecule has 0 saturated heterocycles. The van der Waals surface area contributed by atoms with Gasteiger partial charge in [-0.25, -0.2) is 4.98 Å². The zero-order chi connectivity index (χ0) is 17.8. The number of amides is 1. The van der Waals surface area contributed by atoms with Crippen molar-refractivity contribution >= 4 is 22.9 Å². The molecule has 0 saturated carbocycles. The van der Waals surface area contributed by atoms with E-state index in [1.807, 2.05) is 36.6 Å². The smallest absolute Gasteiger partial charge is 0.255 e. The summed E-state index contributed by atoms with van der Waals surface area (Å²) in [7, 11) is 3.10. The molecule has 0 spiro atoms. The number of thiazole rings is 1. The Balaban J connectivity index is 1.84. The summed E-state index contributed by atoms with van der Waals surface area (Å²) in [4.78, 5) is 17.0. The van der Waals surface area contributed by atoms with Crippen LogP contribution in [0.2, 0.25) is 0 Å². The maximum Gasteiger partial charge on any atom is 0.255 e. The van der Waals surface area contributed by atoms with Gasteiger partial charge in [-0.2, -0.15) is 0 Å². The van der Waals surface area contributed by atoms with E-state index in [9.17, 15) is 4.79 Å². The molecular formula is C19H18N2O3S. The van der Waals surface area contributed by atoms with Crippen molar-refractivity contribution in [2.45, 2.75) is 6.92 Å². The highest BCUT2D eigenvalue weighted by atomic mass is 32.1. The maximum absolute atomic E-state index is 12.6. The second kappa shape index (κ2) is 7.36. The molecule has 25 heavy (non-hydrogen) atoms. The van der Waals surface area contributed by atoms with Crippen LogP contribution in [0, 0.1) is 6.92 Å². The Morgan fingerprint density at radius 2 is 1.80 bits per heavy atom. The molecule has 3 rings (SSSR count). The summed E-state index contributed by atoms with van der Waals surface area (Å²) in [6.45, 7) is 1.97. The number of nitrogens with one attached hydrogen (secondary N) is 1. The van der Waals surface area contributed by atoms with Crippen molar-refractivity contribution in [1.29, 1.82) is 0 Å². The number of carbonyl (C=O) groups excluding carboxylic acids is 1. The van der Waals surface area contributed by atoms with Crippen molar-refractivity contribution in [1.82, 2.24) is 4.98 Å². The fourth-order valence-corrected chi connectivity index (χ4v) is 3.02. The average molecular weight is 354 g/mol. The molecule has 3 aromatic rings. The predicted octanol–water partition coefficient (Wildman–Crippen LogP) is 4.39. The van der Waals surface area contributed by atoms with E-state index in [4.69, 9.17) is 9.47 Å². The molecule has 2 aromatic carbocycles. The fraction of sp³-hybridized carbons (Fsp3) is 0.158. The van der Waals surface area contributed by atoms with Gasteiger partial charge in [0.15, 0.2) is 0 Å². The Hall–Kier alpha value is -2.86. The van der Waals surface area contributed by atoms with Crippen LogP contribution in [0.25, 0.3) is 11.3 Å². The lowest BCUT2D eigenvalue weighted by molar-refractivity contribution is 0.102. The topological polar surface area (TPSA) is 60.5 Å². The van der Waals surface area contributed by atoms with Gasteiger partial charge in [0.25, 0.3) is 5.91 Å². The Kier molecular flexibility index (Phi) is 5.00. The fourth-order valence-electron chi connectivity index (χ4n) is 2.39. The molecule has 0 aliphatic heterocycles. The number of hydrogen-bond acceptors (Lipinski definition) is 5. The zero-order valence-corrected chi connectivity index (χ0v) is 15.0. The van der Waals surface area contributed by atoms with Gasteiger partial charge in [-0.3, -0.25) is 4.79 Å². The summed E-state index contributed by atoms with van der Waals surface area (Å²) in [5.74, 6) is 0.899. The molecule has 1 N–H and O–H groups in total. The van der Waals surface area contributed by atoms with E-state index in [2.05, 4.69) is 10.3 Å². The van der Waals surface area contributed by atoms with Gasteiger partial charge in [-0.1, -0.05) is 12.1 Å². The zero-order valence-electron chi connectivity index (χ0n) is 14.2. The van der Waals surface area contributed by atoms with Crippen molar-refractivity contribution in [2.24, 2.45) is 0 Å². The molecule has 0 aliphatic rings. The Labute approximate surface area is 150 Å². The summed E-state index contributed by atoms with van der Waals surface area (Å²) in [5, 5.41) is 5.91. The molecule has 0 radical (unpaired) electrons. The molecule has 1 aromatic heterocycles. The Bertz CT molecular complexity index is 883. The predicted molar refractivity (Wildman–Crippen MR) is 99.8 cm³/mol. The van der Waals surface area contributed by atoms with E-state index in [-0.39, 0.29) is 5.91 Å². The van der Waals surface area contributed by atoms with E-state index in [1.54, 1.807) is 43.8 Å². The van der Waals surface area contributed by atoms with E-state index in [1.165, 1.54) is 0 Å². The molecule has 0 unspecified atom stereocenters. The highest BCUT2D eigenvalue weighted by Crippen LogP contribution is 2.26. The quantitative estimate of drug-likeness (QED) is 0.738. The van der Waals surface area contributed by atoms with E-state index in [0.717, 1.165) is 16.3 Å². The SMILES string of the molecule is COc1cc(OC)cc(C(=O)Nc2cccc(-c3csc(C)n3)c2)c1. The van der Waals surface area contributed by atoms with Crippen LogP contribution in [-0.4, -0.2) is 25.1 Å². The summed E-state index contributed by atoms with van der Waals surface area (Å²) >= 11 is 1.60. The van der Waals surface area contributed by atoms with Crippen LogP contribution >= 0.6 is 11.3 Å². The third-order valence-corrected chi connectivity index (χ3v) is 4.42. The molecule has 128 valence electrons. The molecule has 0 atom stereocenters. The molecule has 5 nitrogen and oxygen atoms in total. The normalized spacial score (nSPS) is 10.4. The number of rotatable bonds is 5. The minimum atomic E-state index is -0.233. The van der Waals surface area contributed by atoms with E-state index in [0.29, 0.717) is 22.7 Å². The lowest BCUT2D eigenvalue weighted by atomic mass is 10.1. The van der Waals surface area contributed by atoms with Crippen molar-refractivity contribution < 1.29 is 14.3 Å². The second-order valence-electron chi connectivity index (χ2n) is 5.39. The number of ether oxygens (including phenoxy) is 2. The largest absolute Gasteiger partial charge is 0.497 e. The van der Waals surface area contributed by atoms with E-state index < -0.39 is 0 Å². The summed E-state index contributed by atoms with van der Waals surface area (Å²) < 4.78 is 10.4. The molecule has 0 fully saturated rings. The molecular weight excluding hydrogens is 336 g/mol. The number of anilines is 1. The van der Waals surface area contributed by atoms with Crippen molar-refractivity contribution in [3.63, 3.8) is 0 Å². The van der Waals surface area contributed by atoms with Gasteiger partial charge in [0.05, 0.1) is 24.9 Å². The molecule has 1 amide bonds. The van der Waals surface area contributed by atoms with Crippen molar-refractivity contribution in [2.75, 3.05) is 19.5 Å². The lowest BCUT2D eigenvalue weighted by Crippen LogP contribution is -2.12. The average Bonchev–Trinajstić information content (AvgIpc) is 3.08. The number of aromatic nitrogens is 1. The first-order chi connectivity index (χ1) is 12.1. The van der Waals surface area contributed by atoms with Gasteiger partial charge in [0.2, 0.25) is 0 Å². The first kappa shape index (κ1) is 17.0. The number of benzene rings is 2. The van der Waals surface area contributed by atoms with Gasteiger partial charge in [0.1, 0.15) is 11.5 Å². The third-order valence-electron chi connectivity index (χ3n) is 3.65. The summed E-state index contributed by atoms with van der Waals surface area (Å²) in [6, 6.07) is 12.7. The first-order valence-corrected chi connectivity index (χ1v) is 8.54. The van der Waals surface area contributed by atoms with E-state index >= 15 is 0 Å². The van der Waals surface area contributed by atoms with Gasteiger partial charge in [0, 0.05) is 28.3 Å². The first-order valence-electron chi connectivity index (χ1n) is 7.66. The van der Waals surface area contributed by atoms with Crippen LogP contribution in [0.3, 0.4) is 0 Å². The van der Waals surface area contributed by atoms with Crippen LogP contribution in [0.4, 0.5) is 5.69 Å². The van der Waals surface area contributed by atoms with Crippen molar-refractivity contribution in [3.8, 4) is 22.8 Å². The molecule has 0 aliphatic carbocycles. The maximum atomic E-state index is 12.6. The van der Waals surface area contributed by atoms with Crippen LogP contribution in [0.5, 0.6) is 11.5 Å². The highest BCUT2D eigenvalue weighted by molar-refractivity contribution is 7.09. The molecule has 6 heteroatoms. The number of aryl methyl sites for hydroxylation is 1. The minimum absolute atomic E-state index is 0.233. The van der Waals surface area contributed by atoms with Crippen LogP contribution in [-0.2, 0) is 0 Å². The Morgan fingerprint density at radius 3 is 2.40 bits per heavy atom.